The molecular weight excluding hydrogens is 242 g/mol. The van der Waals surface area contributed by atoms with Crippen molar-refractivity contribution in [3.8, 4) is 0 Å². The molecule has 4 heteroatoms. The summed E-state index contributed by atoms with van der Waals surface area (Å²) in [6, 6.07) is 0. The van der Waals surface area contributed by atoms with E-state index in [0.29, 0.717) is 31.6 Å². The molecule has 1 fully saturated rings. The van der Waals surface area contributed by atoms with Gasteiger partial charge in [0.1, 0.15) is 0 Å². The van der Waals surface area contributed by atoms with E-state index < -0.39 is 6.10 Å². The van der Waals surface area contributed by atoms with Crippen LogP contribution in [-0.4, -0.2) is 48.2 Å². The molecule has 0 spiro atoms. The number of aliphatic hydroxyl groups excluding tert-OH is 2. The zero-order valence-electron chi connectivity index (χ0n) is 12.5. The van der Waals surface area contributed by atoms with Crippen LogP contribution >= 0.6 is 0 Å². The van der Waals surface area contributed by atoms with Crippen molar-refractivity contribution in [1.29, 1.82) is 0 Å². The third-order valence-corrected chi connectivity index (χ3v) is 3.99. The Morgan fingerprint density at radius 3 is 2.68 bits per heavy atom. The maximum Gasteiger partial charge on any atom is 0.0897 e. The summed E-state index contributed by atoms with van der Waals surface area (Å²) in [6.45, 7) is 5.68. The van der Waals surface area contributed by atoms with Gasteiger partial charge in [0.15, 0.2) is 0 Å². The van der Waals surface area contributed by atoms with Crippen LogP contribution < -0.4 is 5.32 Å². The molecule has 3 N–H and O–H groups in total. The second-order valence-corrected chi connectivity index (χ2v) is 5.82. The zero-order chi connectivity index (χ0) is 14.1. The van der Waals surface area contributed by atoms with Gasteiger partial charge in [-0.2, -0.15) is 0 Å². The maximum atomic E-state index is 9.85. The minimum atomic E-state index is -0.451. The summed E-state index contributed by atoms with van der Waals surface area (Å²) >= 11 is 0. The molecule has 0 saturated heterocycles. The molecule has 1 rings (SSSR count). The molecule has 0 aromatic rings. The smallest absolute Gasteiger partial charge is 0.0897 e. The van der Waals surface area contributed by atoms with Gasteiger partial charge in [0.2, 0.25) is 0 Å². The lowest BCUT2D eigenvalue weighted by Gasteiger charge is -2.31. The van der Waals surface area contributed by atoms with Gasteiger partial charge in [-0.25, -0.2) is 0 Å². The van der Waals surface area contributed by atoms with Crippen molar-refractivity contribution in [2.45, 2.75) is 70.7 Å². The van der Waals surface area contributed by atoms with Crippen LogP contribution in [0.2, 0.25) is 0 Å². The third-order valence-electron chi connectivity index (χ3n) is 3.99. The molecule has 0 aliphatic heterocycles. The summed E-state index contributed by atoms with van der Waals surface area (Å²) in [7, 11) is 0. The summed E-state index contributed by atoms with van der Waals surface area (Å²) in [5, 5.41) is 22.1. The van der Waals surface area contributed by atoms with Crippen LogP contribution in [0.15, 0.2) is 0 Å². The lowest BCUT2D eigenvalue weighted by atomic mass is 9.85. The third kappa shape index (κ3) is 7.25. The summed E-state index contributed by atoms with van der Waals surface area (Å²) in [5.74, 6) is 0.671. The van der Waals surface area contributed by atoms with Crippen LogP contribution in [0.25, 0.3) is 0 Å². The van der Waals surface area contributed by atoms with Crippen molar-refractivity contribution >= 4 is 0 Å². The van der Waals surface area contributed by atoms with Crippen LogP contribution in [0.5, 0.6) is 0 Å². The number of rotatable bonds is 9. The van der Waals surface area contributed by atoms with Crippen LogP contribution in [0, 0.1) is 5.92 Å². The van der Waals surface area contributed by atoms with Crippen molar-refractivity contribution in [1.82, 2.24) is 5.32 Å². The van der Waals surface area contributed by atoms with E-state index in [9.17, 15) is 5.11 Å². The van der Waals surface area contributed by atoms with Gasteiger partial charge >= 0.3 is 0 Å². The quantitative estimate of drug-likeness (QED) is 0.560. The van der Waals surface area contributed by atoms with Gasteiger partial charge in [-0.15, -0.1) is 0 Å². The first-order chi connectivity index (χ1) is 9.13. The number of hydrogen-bond donors (Lipinski definition) is 3. The van der Waals surface area contributed by atoms with Crippen LogP contribution in [0.4, 0.5) is 0 Å². The van der Waals surface area contributed by atoms with Crippen molar-refractivity contribution in [3.05, 3.63) is 0 Å². The first kappa shape index (κ1) is 16.9. The first-order valence-electron chi connectivity index (χ1n) is 7.82. The molecule has 0 aromatic carbocycles. The molecule has 4 nitrogen and oxygen atoms in total. The van der Waals surface area contributed by atoms with Crippen molar-refractivity contribution in [2.24, 2.45) is 5.92 Å². The highest BCUT2D eigenvalue weighted by atomic mass is 16.5. The van der Waals surface area contributed by atoms with E-state index in [1.807, 2.05) is 0 Å². The Morgan fingerprint density at radius 2 is 2.00 bits per heavy atom. The van der Waals surface area contributed by atoms with E-state index in [1.165, 1.54) is 25.7 Å². The molecule has 1 aliphatic carbocycles. The minimum absolute atomic E-state index is 0.284. The highest BCUT2D eigenvalue weighted by Gasteiger charge is 2.24. The molecule has 4 unspecified atom stereocenters. The lowest BCUT2D eigenvalue weighted by Crippen LogP contribution is -2.35. The van der Waals surface area contributed by atoms with Gasteiger partial charge in [0.25, 0.3) is 0 Å². The molecular formula is C15H31NO3. The Hall–Kier alpha value is -0.160. The largest absolute Gasteiger partial charge is 0.393 e. The Morgan fingerprint density at radius 1 is 1.26 bits per heavy atom. The molecule has 1 saturated carbocycles. The molecule has 19 heavy (non-hydrogen) atoms. The van der Waals surface area contributed by atoms with Crippen molar-refractivity contribution in [2.75, 3.05) is 19.7 Å². The van der Waals surface area contributed by atoms with Crippen LogP contribution in [0.3, 0.4) is 0 Å². The molecule has 0 bridgehead atoms. The number of hydrogen-bond acceptors (Lipinski definition) is 4. The second-order valence-electron chi connectivity index (χ2n) is 5.82. The van der Waals surface area contributed by atoms with E-state index in [2.05, 4.69) is 12.2 Å². The topological polar surface area (TPSA) is 61.7 Å². The molecule has 1 aliphatic rings. The predicted molar refractivity (Wildman–Crippen MR) is 77.2 cm³/mol. The van der Waals surface area contributed by atoms with Gasteiger partial charge < -0.3 is 20.3 Å². The van der Waals surface area contributed by atoms with Crippen molar-refractivity contribution < 1.29 is 14.9 Å². The molecule has 114 valence electrons. The molecule has 0 heterocycles. The minimum Gasteiger partial charge on any atom is -0.393 e. The average molecular weight is 273 g/mol. The average Bonchev–Trinajstić information content (AvgIpc) is 2.41. The van der Waals surface area contributed by atoms with Gasteiger partial charge in [-0.3, -0.25) is 0 Å². The monoisotopic (exact) mass is 273 g/mol. The SMILES string of the molecule is CCC1CCCCC1OCC(O)CNCCC(C)O. The predicted octanol–water partition coefficient (Wildman–Crippen LogP) is 1.69. The van der Waals surface area contributed by atoms with Crippen molar-refractivity contribution in [3.63, 3.8) is 0 Å². The summed E-state index contributed by atoms with van der Waals surface area (Å²) in [4.78, 5) is 0. The van der Waals surface area contributed by atoms with Crippen LogP contribution in [0.1, 0.15) is 52.4 Å². The van der Waals surface area contributed by atoms with E-state index in [4.69, 9.17) is 9.84 Å². The highest BCUT2D eigenvalue weighted by molar-refractivity contribution is 4.75. The molecule has 0 amide bonds. The molecule has 4 atom stereocenters. The second kappa shape index (κ2) is 9.70. The Labute approximate surface area is 117 Å². The van der Waals surface area contributed by atoms with Gasteiger partial charge in [-0.05, 0) is 38.6 Å². The fraction of sp³-hybridized carbons (Fsp3) is 1.00. The summed E-state index contributed by atoms with van der Waals surface area (Å²) < 4.78 is 5.89. The first-order valence-corrected chi connectivity index (χ1v) is 7.82. The lowest BCUT2D eigenvalue weighted by molar-refractivity contribution is -0.0499. The Bertz CT molecular complexity index is 223. The number of aliphatic hydroxyl groups is 2. The van der Waals surface area contributed by atoms with Gasteiger partial charge in [0, 0.05) is 6.54 Å². The fourth-order valence-corrected chi connectivity index (χ4v) is 2.73. The zero-order valence-corrected chi connectivity index (χ0v) is 12.5. The fourth-order valence-electron chi connectivity index (χ4n) is 2.73. The number of nitrogens with one attached hydrogen (secondary N) is 1. The van der Waals surface area contributed by atoms with Gasteiger partial charge in [-0.1, -0.05) is 26.2 Å². The summed E-state index contributed by atoms with van der Waals surface area (Å²) in [5.41, 5.74) is 0. The maximum absolute atomic E-state index is 9.85. The van der Waals surface area contributed by atoms with Gasteiger partial charge in [0.05, 0.1) is 24.9 Å². The highest BCUT2D eigenvalue weighted by Crippen LogP contribution is 2.29. The molecule has 0 radical (unpaired) electrons. The number of ether oxygens (including phenoxy) is 1. The molecule has 0 aromatic heterocycles. The standard InChI is InChI=1S/C15H31NO3/c1-3-13-6-4-5-7-15(13)19-11-14(18)10-16-9-8-12(2)17/h12-18H,3-11H2,1-2H3. The van der Waals surface area contributed by atoms with Crippen LogP contribution in [-0.2, 0) is 4.74 Å². The van der Waals surface area contributed by atoms with E-state index in [-0.39, 0.29) is 6.10 Å². The van der Waals surface area contributed by atoms with E-state index in [1.54, 1.807) is 6.92 Å². The van der Waals surface area contributed by atoms with E-state index >= 15 is 0 Å². The summed E-state index contributed by atoms with van der Waals surface area (Å²) in [6.07, 6.45) is 6.48. The Kier molecular flexibility index (Phi) is 8.62. The normalized spacial score (nSPS) is 27.2. The van der Waals surface area contributed by atoms with E-state index in [0.717, 1.165) is 13.0 Å². The Balaban J connectivity index is 2.09.